The predicted octanol–water partition coefficient (Wildman–Crippen LogP) is 7.42. The molecule has 1 aliphatic rings. The summed E-state index contributed by atoms with van der Waals surface area (Å²) in [5.74, 6) is 0.860. The fourth-order valence-electron chi connectivity index (χ4n) is 3.83. The van der Waals surface area contributed by atoms with Gasteiger partial charge in [0.1, 0.15) is 17.4 Å². The Kier molecular flexibility index (Phi) is 11.8. The van der Waals surface area contributed by atoms with E-state index in [2.05, 4.69) is 28.1 Å². The molecule has 0 saturated heterocycles. The van der Waals surface area contributed by atoms with Crippen molar-refractivity contribution in [2.24, 2.45) is 0 Å². The first-order chi connectivity index (χ1) is 18.7. The fourth-order valence-corrected chi connectivity index (χ4v) is 4.77. The van der Waals surface area contributed by atoms with Gasteiger partial charge in [-0.2, -0.15) is 0 Å². The molecule has 2 atom stereocenters. The van der Waals surface area contributed by atoms with Gasteiger partial charge in [0.15, 0.2) is 0 Å². The Hall–Kier alpha value is -2.88. The highest BCUT2D eigenvalue weighted by molar-refractivity contribution is 6.35. The number of hydrogen-bond acceptors (Lipinski definition) is 6. The Morgan fingerprint density at radius 2 is 1.64 bits per heavy atom. The van der Waals surface area contributed by atoms with Gasteiger partial charge in [-0.15, -0.1) is 10.1 Å². The van der Waals surface area contributed by atoms with Crippen LogP contribution in [-0.4, -0.2) is 45.9 Å². The highest BCUT2D eigenvalue weighted by Crippen LogP contribution is 2.33. The van der Waals surface area contributed by atoms with Crippen molar-refractivity contribution in [1.29, 1.82) is 0 Å². The van der Waals surface area contributed by atoms with Crippen LogP contribution in [0.1, 0.15) is 22.8 Å². The third kappa shape index (κ3) is 9.67. The third-order valence-electron chi connectivity index (χ3n) is 5.86. The van der Waals surface area contributed by atoms with E-state index in [0.717, 1.165) is 29.8 Å². The van der Waals surface area contributed by atoms with Crippen LogP contribution in [-0.2, 0) is 17.8 Å². The second-order valence-corrected chi connectivity index (χ2v) is 10.2. The molecule has 0 amide bonds. The molecule has 3 aromatic rings. The maximum Gasteiger partial charge on any atom is 0.291 e. The molecule has 8 nitrogen and oxygen atoms in total. The Bertz CT molecular complexity index is 1240. The van der Waals surface area contributed by atoms with E-state index >= 15 is 0 Å². The van der Waals surface area contributed by atoms with E-state index in [4.69, 9.17) is 71.2 Å². The van der Waals surface area contributed by atoms with Crippen molar-refractivity contribution in [2.45, 2.75) is 24.6 Å². The highest BCUT2D eigenvalue weighted by Gasteiger charge is 2.29. The van der Waals surface area contributed by atoms with Crippen LogP contribution in [0.2, 0.25) is 15.1 Å². The van der Waals surface area contributed by atoms with Gasteiger partial charge in [0, 0.05) is 34.0 Å². The van der Waals surface area contributed by atoms with E-state index in [-0.39, 0.29) is 0 Å². The minimum absolute atomic E-state index is 0.297. The largest absolute Gasteiger partial charge is 0.497 e. The van der Waals surface area contributed by atoms with Crippen molar-refractivity contribution >= 4 is 46.4 Å². The van der Waals surface area contributed by atoms with Crippen LogP contribution in [0.5, 0.6) is 5.75 Å². The van der Waals surface area contributed by atoms with Crippen molar-refractivity contribution in [3.8, 4) is 5.75 Å². The molecule has 0 aliphatic carbocycles. The molecule has 0 fully saturated rings. The topological polar surface area (TPSA) is 88.3 Å². The minimum Gasteiger partial charge on any atom is -0.497 e. The van der Waals surface area contributed by atoms with Crippen LogP contribution >= 0.6 is 46.4 Å². The van der Waals surface area contributed by atoms with E-state index in [1.165, 1.54) is 5.56 Å². The van der Waals surface area contributed by atoms with Crippen LogP contribution in [0.3, 0.4) is 0 Å². The number of nitrogens with zero attached hydrogens (tertiary/aromatic N) is 3. The molecule has 0 radical (unpaired) electrons. The number of halogens is 4. The van der Waals surface area contributed by atoms with Gasteiger partial charge in [-0.05, 0) is 59.5 Å². The van der Waals surface area contributed by atoms with Gasteiger partial charge >= 0.3 is 0 Å². The molecule has 1 heterocycles. The molecular formula is C27H27Cl4N3O5. The molecule has 208 valence electrons. The first-order valence-corrected chi connectivity index (χ1v) is 13.3. The van der Waals surface area contributed by atoms with Crippen LogP contribution in [0.4, 0.5) is 0 Å². The van der Waals surface area contributed by atoms with E-state index in [9.17, 15) is 0 Å². The van der Waals surface area contributed by atoms with Crippen LogP contribution in [0.15, 0.2) is 79.1 Å². The summed E-state index contributed by atoms with van der Waals surface area (Å²) in [5, 5.41) is 15.4. The molecule has 0 saturated carbocycles. The molecule has 3 aromatic carbocycles. The zero-order valence-electron chi connectivity index (χ0n) is 20.9. The van der Waals surface area contributed by atoms with Crippen molar-refractivity contribution in [3.63, 3.8) is 0 Å². The molecule has 0 bridgehead atoms. The fraction of sp³-hybridized carbons (Fsp3) is 0.259. The van der Waals surface area contributed by atoms with Crippen molar-refractivity contribution in [1.82, 2.24) is 9.80 Å². The number of rotatable bonds is 10. The van der Waals surface area contributed by atoms with E-state index in [0.29, 0.717) is 28.3 Å². The SMILES string of the molecule is COc1ccc(CCN2C=CN(C(Cl)C(OCc3ccc(Cl)cc3Cl)c3ccc(Cl)cc3)C2)cc1.O=[N+]([O-])O. The number of benzene rings is 3. The van der Waals surface area contributed by atoms with Gasteiger partial charge in [-0.3, -0.25) is 0 Å². The number of hydrogen-bond donors (Lipinski definition) is 1. The van der Waals surface area contributed by atoms with Crippen LogP contribution in [0.25, 0.3) is 0 Å². The highest BCUT2D eigenvalue weighted by atomic mass is 35.5. The Labute approximate surface area is 247 Å². The summed E-state index contributed by atoms with van der Waals surface area (Å²) in [6.07, 6.45) is 4.58. The lowest BCUT2D eigenvalue weighted by Crippen LogP contribution is -2.36. The third-order valence-corrected chi connectivity index (χ3v) is 7.18. The summed E-state index contributed by atoms with van der Waals surface area (Å²) >= 11 is 25.5. The zero-order chi connectivity index (χ0) is 28.4. The van der Waals surface area contributed by atoms with E-state index in [1.807, 2.05) is 48.7 Å². The molecule has 1 N–H and O–H groups in total. The van der Waals surface area contributed by atoms with Gasteiger partial charge in [0.2, 0.25) is 0 Å². The van der Waals surface area contributed by atoms with Crippen molar-refractivity contribution < 1.29 is 19.8 Å². The van der Waals surface area contributed by atoms with Crippen molar-refractivity contribution in [3.05, 3.63) is 121 Å². The first kappa shape index (κ1) is 30.7. The summed E-state index contributed by atoms with van der Waals surface area (Å²) in [6.45, 7) is 1.83. The summed E-state index contributed by atoms with van der Waals surface area (Å²) < 4.78 is 11.6. The number of methoxy groups -OCH3 is 1. The Morgan fingerprint density at radius 1 is 1.00 bits per heavy atom. The Morgan fingerprint density at radius 3 is 2.26 bits per heavy atom. The monoisotopic (exact) mass is 613 g/mol. The maximum absolute atomic E-state index is 8.36. The number of ether oxygens (including phenoxy) is 2. The van der Waals surface area contributed by atoms with Gasteiger partial charge in [0.05, 0.1) is 20.4 Å². The van der Waals surface area contributed by atoms with Gasteiger partial charge in [-0.25, -0.2) is 0 Å². The standard InChI is InChI=1S/C27H26Cl4N2O2.HNO3/c1-34-24-10-2-19(3-11-24)12-13-32-14-15-33(18-32)27(31)26(20-4-7-22(28)8-5-20)35-17-21-6-9-23(29)16-25(21)30;2-1(3)4/h2-11,14-16,26-27H,12-13,17-18H2,1H3;(H,2,3,4). The van der Waals surface area contributed by atoms with E-state index in [1.54, 1.807) is 19.2 Å². The first-order valence-electron chi connectivity index (χ1n) is 11.8. The second-order valence-electron chi connectivity index (χ2n) is 8.49. The van der Waals surface area contributed by atoms with Crippen LogP contribution in [0, 0.1) is 10.1 Å². The summed E-state index contributed by atoms with van der Waals surface area (Å²) in [6, 6.07) is 21.1. The predicted molar refractivity (Wildman–Crippen MR) is 153 cm³/mol. The molecular weight excluding hydrogens is 588 g/mol. The second kappa shape index (κ2) is 15.1. The van der Waals surface area contributed by atoms with Crippen molar-refractivity contribution in [2.75, 3.05) is 20.3 Å². The molecule has 4 rings (SSSR count). The lowest BCUT2D eigenvalue weighted by molar-refractivity contribution is -0.742. The summed E-state index contributed by atoms with van der Waals surface area (Å²) in [4.78, 5) is 12.7. The molecule has 39 heavy (non-hydrogen) atoms. The maximum atomic E-state index is 8.36. The average molecular weight is 615 g/mol. The van der Waals surface area contributed by atoms with Gasteiger partial charge in [0.25, 0.3) is 5.09 Å². The lowest BCUT2D eigenvalue weighted by atomic mass is 10.1. The van der Waals surface area contributed by atoms with Crippen LogP contribution < -0.4 is 4.74 Å². The zero-order valence-corrected chi connectivity index (χ0v) is 23.9. The van der Waals surface area contributed by atoms with Gasteiger partial charge < -0.3 is 24.5 Å². The lowest BCUT2D eigenvalue weighted by Gasteiger charge is -2.31. The molecule has 1 aliphatic heterocycles. The Balaban J connectivity index is 0.000000983. The molecule has 12 heteroatoms. The van der Waals surface area contributed by atoms with Gasteiger partial charge in [-0.1, -0.05) is 76.7 Å². The summed E-state index contributed by atoms with van der Waals surface area (Å²) in [5.41, 5.74) is 2.59. The molecule has 2 unspecified atom stereocenters. The van der Waals surface area contributed by atoms with E-state index < -0.39 is 16.7 Å². The normalized spacial score (nSPS) is 14.0. The average Bonchev–Trinajstić information content (AvgIpc) is 3.38. The molecule has 0 aromatic heterocycles. The number of alkyl halides is 1. The summed E-state index contributed by atoms with van der Waals surface area (Å²) in [7, 11) is 1.67. The smallest absolute Gasteiger partial charge is 0.291 e. The minimum atomic E-state index is -1.50. The quantitative estimate of drug-likeness (QED) is 0.110. The molecule has 0 spiro atoms.